The summed E-state index contributed by atoms with van der Waals surface area (Å²) in [5.41, 5.74) is 13.9. The largest absolute Gasteiger partial charge is 0.308 e. The quantitative estimate of drug-likeness (QED) is 0.156. The fourth-order valence-electron chi connectivity index (χ4n) is 8.70. The van der Waals surface area contributed by atoms with Gasteiger partial charge in [-0.2, -0.15) is 0 Å². The van der Waals surface area contributed by atoms with Crippen molar-refractivity contribution in [1.82, 2.24) is 4.57 Å². The van der Waals surface area contributed by atoms with Crippen LogP contribution < -0.4 is 0 Å². The van der Waals surface area contributed by atoms with Crippen molar-refractivity contribution in [2.24, 2.45) is 9.98 Å². The lowest BCUT2D eigenvalue weighted by Crippen LogP contribution is -2.04. The van der Waals surface area contributed by atoms with Gasteiger partial charge < -0.3 is 4.57 Å². The molecule has 0 unspecified atom stereocenters. The predicted octanol–water partition coefficient (Wildman–Crippen LogP) is 14.6. The van der Waals surface area contributed by atoms with Crippen LogP contribution in [0.5, 0.6) is 0 Å². The maximum atomic E-state index is 5.49. The van der Waals surface area contributed by atoms with Crippen LogP contribution in [0.1, 0.15) is 16.7 Å². The van der Waals surface area contributed by atoms with Crippen LogP contribution in [0.2, 0.25) is 0 Å². The number of para-hydroxylation sites is 1. The number of rotatable bonds is 5. The topological polar surface area (TPSA) is 29.6 Å². The number of hydrogen-bond acceptors (Lipinski definition) is 3. The zero-order valence-corrected chi connectivity index (χ0v) is 32.6. The monoisotopic (exact) mass is 767 g/mol. The molecule has 59 heavy (non-hydrogen) atoms. The van der Waals surface area contributed by atoms with E-state index in [2.05, 4.69) is 198 Å². The van der Waals surface area contributed by atoms with Crippen molar-refractivity contribution in [3.8, 4) is 16.8 Å². The zero-order valence-electron chi connectivity index (χ0n) is 31.8. The molecule has 0 fully saturated rings. The van der Waals surface area contributed by atoms with E-state index in [0.717, 1.165) is 55.8 Å². The molecule has 0 radical (unpaired) electrons. The summed E-state index contributed by atoms with van der Waals surface area (Å²) in [5, 5.41) is 9.69. The summed E-state index contributed by atoms with van der Waals surface area (Å²) in [4.78, 5) is 10.8. The minimum absolute atomic E-state index is 0.639. The summed E-state index contributed by atoms with van der Waals surface area (Å²) in [7, 11) is 0. The maximum absolute atomic E-state index is 5.49. The van der Waals surface area contributed by atoms with Gasteiger partial charge >= 0.3 is 0 Å². The number of aromatic nitrogens is 1. The molecule has 11 aromatic rings. The van der Waals surface area contributed by atoms with E-state index < -0.39 is 0 Å². The molecule has 0 N–H and O–H groups in total. The lowest BCUT2D eigenvalue weighted by atomic mass is 10.0. The highest BCUT2D eigenvalue weighted by Crippen LogP contribution is 2.42. The number of nitrogens with zero attached hydrogens (tertiary/aromatic N) is 3. The van der Waals surface area contributed by atoms with E-state index in [1.54, 1.807) is 0 Å². The fraction of sp³-hybridized carbons (Fsp3) is 0. The van der Waals surface area contributed by atoms with Gasteiger partial charge in [-0.3, -0.25) is 0 Å². The molecular weight excluding hydrogens is 735 g/mol. The van der Waals surface area contributed by atoms with Crippen LogP contribution in [0.15, 0.2) is 216 Å². The summed E-state index contributed by atoms with van der Waals surface area (Å²) >= 11 is 1.82. The second-order valence-corrected chi connectivity index (χ2v) is 16.2. The van der Waals surface area contributed by atoms with E-state index >= 15 is 0 Å². The third kappa shape index (κ3) is 5.66. The molecule has 274 valence electrons. The average molecular weight is 768 g/mol. The lowest BCUT2D eigenvalue weighted by molar-refractivity contribution is 1.17. The molecule has 4 heteroatoms. The number of hydrogen-bond donors (Lipinski definition) is 0. The SMILES string of the molecule is C1=CC(c2ccc3ccccc3c2)=NC(c2ccc(-c3ccccc3)cc2)=NC=1c1cc2sc3ccccc3c2cc1-n1c2ccccc2c2cc3ccccc3cc21. The molecule has 0 amide bonds. The molecule has 9 aromatic carbocycles. The second kappa shape index (κ2) is 13.5. The van der Waals surface area contributed by atoms with Crippen molar-refractivity contribution < 1.29 is 0 Å². The fourth-order valence-corrected chi connectivity index (χ4v) is 9.83. The number of aliphatic imine (C=N–C) groups is 2. The molecule has 0 atom stereocenters. The summed E-state index contributed by atoms with van der Waals surface area (Å²) in [5.74, 6) is 0.639. The number of benzene rings is 9. The van der Waals surface area contributed by atoms with E-state index in [0.29, 0.717) is 5.84 Å². The molecular formula is C55H33N3S. The van der Waals surface area contributed by atoms with Gasteiger partial charge in [-0.1, -0.05) is 157 Å². The first-order valence-electron chi connectivity index (χ1n) is 19.9. The van der Waals surface area contributed by atoms with Crippen LogP contribution in [0.3, 0.4) is 0 Å². The van der Waals surface area contributed by atoms with E-state index in [1.165, 1.54) is 52.7 Å². The van der Waals surface area contributed by atoms with Crippen molar-refractivity contribution in [2.45, 2.75) is 0 Å². The Morgan fingerprint density at radius 2 is 1.05 bits per heavy atom. The van der Waals surface area contributed by atoms with Gasteiger partial charge in [0.2, 0.25) is 0 Å². The smallest absolute Gasteiger partial charge is 0.161 e. The third-order valence-corrected chi connectivity index (χ3v) is 12.7. The van der Waals surface area contributed by atoms with Crippen molar-refractivity contribution in [2.75, 3.05) is 0 Å². The molecule has 12 rings (SSSR count). The Labute approximate surface area is 344 Å². The molecule has 1 aliphatic heterocycles. The van der Waals surface area contributed by atoms with Crippen molar-refractivity contribution in [1.29, 1.82) is 0 Å². The van der Waals surface area contributed by atoms with Crippen LogP contribution in [0, 0.1) is 0 Å². The first-order chi connectivity index (χ1) is 29.2. The molecule has 1 aliphatic rings. The molecule has 0 bridgehead atoms. The van der Waals surface area contributed by atoms with E-state index in [1.807, 2.05) is 23.5 Å². The van der Waals surface area contributed by atoms with E-state index in [9.17, 15) is 0 Å². The van der Waals surface area contributed by atoms with Gasteiger partial charge in [-0.05, 0) is 75.1 Å². The van der Waals surface area contributed by atoms with Crippen molar-refractivity contribution >= 4 is 92.1 Å². The van der Waals surface area contributed by atoms with E-state index in [4.69, 9.17) is 9.98 Å². The zero-order chi connectivity index (χ0) is 38.9. The van der Waals surface area contributed by atoms with Gasteiger partial charge in [-0.25, -0.2) is 9.98 Å². The molecule has 0 aliphatic carbocycles. The number of thiophene rings is 1. The Morgan fingerprint density at radius 3 is 1.88 bits per heavy atom. The van der Waals surface area contributed by atoms with Crippen LogP contribution in [-0.2, 0) is 0 Å². The standard InChI is InChI=1S/C55H33N3S/c1-2-12-35(13-3-1)37-22-25-38(26-23-37)55-56-48(42-27-24-36-14-4-5-15-39(36)30-42)28-29-49(57-55)47-34-54-46(44-19-9-11-21-53(44)59-54)33-52(47)58-50-20-10-8-18-43(50)45-31-40-16-6-7-17-41(40)32-51(45)58/h1-28,30-34H. The third-order valence-electron chi connectivity index (χ3n) is 11.6. The van der Waals surface area contributed by atoms with Crippen LogP contribution in [0.4, 0.5) is 0 Å². The lowest BCUT2D eigenvalue weighted by Gasteiger charge is -2.15. The van der Waals surface area contributed by atoms with Crippen molar-refractivity contribution in [3.05, 3.63) is 223 Å². The van der Waals surface area contributed by atoms with Crippen molar-refractivity contribution in [3.63, 3.8) is 0 Å². The van der Waals surface area contributed by atoms with Gasteiger partial charge in [0.15, 0.2) is 5.84 Å². The first kappa shape index (κ1) is 33.5. The molecule has 0 spiro atoms. The molecule has 3 heterocycles. The number of amidine groups is 1. The summed E-state index contributed by atoms with van der Waals surface area (Å²) < 4.78 is 4.90. The Balaban J connectivity index is 1.14. The Bertz CT molecular complexity index is 3630. The highest BCUT2D eigenvalue weighted by Gasteiger charge is 2.22. The van der Waals surface area contributed by atoms with Gasteiger partial charge in [0.25, 0.3) is 0 Å². The van der Waals surface area contributed by atoms with Crippen LogP contribution in [-0.4, -0.2) is 16.1 Å². The van der Waals surface area contributed by atoms with Gasteiger partial charge in [0.05, 0.1) is 22.4 Å². The average Bonchev–Trinajstić information content (AvgIpc) is 3.72. The number of allylic oxidation sites excluding steroid dienone is 1. The predicted molar refractivity (Wildman–Crippen MR) is 252 cm³/mol. The second-order valence-electron chi connectivity index (χ2n) is 15.1. The molecule has 3 nitrogen and oxygen atoms in total. The highest BCUT2D eigenvalue weighted by atomic mass is 32.1. The Hall–Kier alpha value is -7.62. The normalized spacial score (nSPS) is 13.1. The summed E-state index contributed by atoms with van der Waals surface area (Å²) in [6.07, 6.45) is 2.02. The summed E-state index contributed by atoms with van der Waals surface area (Å²) in [6, 6.07) is 69.6. The molecule has 2 aromatic heterocycles. The van der Waals surface area contributed by atoms with Gasteiger partial charge in [0.1, 0.15) is 5.70 Å². The molecule has 0 saturated carbocycles. The van der Waals surface area contributed by atoms with Crippen LogP contribution in [0.25, 0.3) is 86.0 Å². The maximum Gasteiger partial charge on any atom is 0.161 e. The van der Waals surface area contributed by atoms with Gasteiger partial charge in [-0.15, -0.1) is 11.3 Å². The number of fused-ring (bicyclic) bond motifs is 8. The Morgan fingerprint density at radius 1 is 0.407 bits per heavy atom. The minimum atomic E-state index is 0.639. The van der Waals surface area contributed by atoms with Gasteiger partial charge in [0, 0.05) is 53.7 Å². The minimum Gasteiger partial charge on any atom is -0.308 e. The highest BCUT2D eigenvalue weighted by molar-refractivity contribution is 7.25. The molecule has 0 saturated heterocycles. The van der Waals surface area contributed by atoms with Crippen LogP contribution >= 0.6 is 11.3 Å². The Kier molecular flexibility index (Phi) is 7.67. The van der Waals surface area contributed by atoms with E-state index in [-0.39, 0.29) is 0 Å². The summed E-state index contributed by atoms with van der Waals surface area (Å²) in [6.45, 7) is 0. The first-order valence-corrected chi connectivity index (χ1v) is 20.7.